The van der Waals surface area contributed by atoms with Gasteiger partial charge in [-0.25, -0.2) is 0 Å². The number of fused-ring (bicyclic) bond motifs is 1. The van der Waals surface area contributed by atoms with E-state index in [1.54, 1.807) is 11.1 Å². The van der Waals surface area contributed by atoms with Gasteiger partial charge in [-0.05, 0) is 58.8 Å². The smallest absolute Gasteiger partial charge is 0.00774 e. The predicted molar refractivity (Wildman–Crippen MR) is 90.4 cm³/mol. The van der Waals surface area contributed by atoms with Gasteiger partial charge in [0.1, 0.15) is 0 Å². The van der Waals surface area contributed by atoms with Gasteiger partial charge in [0, 0.05) is 0 Å². The van der Waals surface area contributed by atoms with Crippen LogP contribution in [0.1, 0.15) is 83.1 Å². The normalized spacial score (nSPS) is 15.3. The SMILES string of the molecule is CCC(C)(CC)c1cc(C(C)(C)C)cc2c1CCC=C2. The van der Waals surface area contributed by atoms with Crippen molar-refractivity contribution in [1.82, 2.24) is 0 Å². The lowest BCUT2D eigenvalue weighted by Crippen LogP contribution is -2.24. The Morgan fingerprint density at radius 3 is 2.20 bits per heavy atom. The summed E-state index contributed by atoms with van der Waals surface area (Å²) in [4.78, 5) is 0. The maximum Gasteiger partial charge on any atom is -0.00774 e. The first-order chi connectivity index (χ1) is 9.31. The molecule has 0 aromatic heterocycles. The molecule has 1 aliphatic carbocycles. The van der Waals surface area contributed by atoms with E-state index in [0.29, 0.717) is 5.41 Å². The summed E-state index contributed by atoms with van der Waals surface area (Å²) in [5, 5.41) is 0. The molecule has 0 heterocycles. The summed E-state index contributed by atoms with van der Waals surface area (Å²) in [5.74, 6) is 0. The van der Waals surface area contributed by atoms with Crippen LogP contribution in [0.4, 0.5) is 0 Å². The van der Waals surface area contributed by atoms with Gasteiger partial charge in [0.2, 0.25) is 0 Å². The van der Waals surface area contributed by atoms with Gasteiger partial charge in [-0.3, -0.25) is 0 Å². The lowest BCUT2D eigenvalue weighted by Gasteiger charge is -2.34. The molecule has 0 unspecified atom stereocenters. The maximum absolute atomic E-state index is 2.50. The molecule has 0 N–H and O–H groups in total. The minimum Gasteiger partial charge on any atom is -0.0836 e. The molecule has 0 heteroatoms. The average Bonchev–Trinajstić information content (AvgIpc) is 2.44. The highest BCUT2D eigenvalue weighted by Crippen LogP contribution is 2.39. The molecule has 0 atom stereocenters. The summed E-state index contributed by atoms with van der Waals surface area (Å²) in [6.45, 7) is 14.1. The highest BCUT2D eigenvalue weighted by molar-refractivity contribution is 5.61. The van der Waals surface area contributed by atoms with Crippen LogP contribution >= 0.6 is 0 Å². The summed E-state index contributed by atoms with van der Waals surface area (Å²) in [7, 11) is 0. The van der Waals surface area contributed by atoms with Crippen LogP contribution in [0, 0.1) is 0 Å². The number of rotatable bonds is 3. The van der Waals surface area contributed by atoms with Gasteiger partial charge in [0.05, 0.1) is 0 Å². The van der Waals surface area contributed by atoms with E-state index in [2.05, 4.69) is 65.8 Å². The Bertz CT molecular complexity index is 508. The Kier molecular flexibility index (Phi) is 4.14. The fourth-order valence-electron chi connectivity index (χ4n) is 3.16. The van der Waals surface area contributed by atoms with Crippen LogP contribution in [0.25, 0.3) is 6.08 Å². The van der Waals surface area contributed by atoms with Crippen LogP contribution in [0.3, 0.4) is 0 Å². The van der Waals surface area contributed by atoms with Crippen molar-refractivity contribution < 1.29 is 0 Å². The number of allylic oxidation sites excluding steroid dienone is 1. The lowest BCUT2D eigenvalue weighted by molar-refractivity contribution is 0.433. The van der Waals surface area contributed by atoms with Crippen molar-refractivity contribution >= 4 is 6.08 Å². The Labute approximate surface area is 125 Å². The summed E-state index contributed by atoms with van der Waals surface area (Å²) in [5.41, 5.74) is 6.69. The summed E-state index contributed by atoms with van der Waals surface area (Å²) in [6.07, 6.45) is 9.50. The van der Waals surface area contributed by atoms with E-state index < -0.39 is 0 Å². The van der Waals surface area contributed by atoms with E-state index in [0.717, 1.165) is 0 Å². The summed E-state index contributed by atoms with van der Waals surface area (Å²) >= 11 is 0. The first-order valence-electron chi connectivity index (χ1n) is 8.16. The second-order valence-electron chi connectivity index (χ2n) is 7.55. The van der Waals surface area contributed by atoms with Crippen LogP contribution in [-0.2, 0) is 17.3 Å². The van der Waals surface area contributed by atoms with Crippen LogP contribution < -0.4 is 0 Å². The zero-order valence-electron chi connectivity index (χ0n) is 14.1. The van der Waals surface area contributed by atoms with Gasteiger partial charge in [-0.15, -0.1) is 0 Å². The van der Waals surface area contributed by atoms with E-state index in [9.17, 15) is 0 Å². The average molecular weight is 270 g/mol. The fraction of sp³-hybridized carbons (Fsp3) is 0.600. The van der Waals surface area contributed by atoms with Gasteiger partial charge in [0.15, 0.2) is 0 Å². The van der Waals surface area contributed by atoms with Crippen LogP contribution in [0.15, 0.2) is 18.2 Å². The first-order valence-corrected chi connectivity index (χ1v) is 8.16. The monoisotopic (exact) mass is 270 g/mol. The standard InChI is InChI=1S/C20H30/c1-7-20(6,8-2)18-14-16(19(3,4)5)13-15-11-9-10-12-17(15)18/h9,11,13-14H,7-8,10,12H2,1-6H3. The van der Waals surface area contributed by atoms with Gasteiger partial charge >= 0.3 is 0 Å². The molecule has 0 radical (unpaired) electrons. The fourth-order valence-corrected chi connectivity index (χ4v) is 3.16. The third kappa shape index (κ3) is 2.71. The molecule has 1 aromatic carbocycles. The van der Waals surface area contributed by atoms with E-state index in [-0.39, 0.29) is 5.41 Å². The van der Waals surface area contributed by atoms with Crippen molar-refractivity contribution in [2.75, 3.05) is 0 Å². The zero-order chi connectivity index (χ0) is 15.0. The molecule has 0 spiro atoms. The number of benzene rings is 1. The lowest BCUT2D eigenvalue weighted by atomic mass is 9.71. The van der Waals surface area contributed by atoms with E-state index in [1.807, 2.05) is 0 Å². The summed E-state index contributed by atoms with van der Waals surface area (Å²) in [6, 6.07) is 4.92. The van der Waals surface area contributed by atoms with Crippen molar-refractivity contribution in [1.29, 1.82) is 0 Å². The third-order valence-corrected chi connectivity index (χ3v) is 5.22. The predicted octanol–water partition coefficient (Wildman–Crippen LogP) is 6.02. The number of hydrogen-bond acceptors (Lipinski definition) is 0. The highest BCUT2D eigenvalue weighted by Gasteiger charge is 2.29. The summed E-state index contributed by atoms with van der Waals surface area (Å²) < 4.78 is 0. The van der Waals surface area contributed by atoms with Gasteiger partial charge in [-0.2, -0.15) is 0 Å². The quantitative estimate of drug-likeness (QED) is 0.630. The van der Waals surface area contributed by atoms with Crippen LogP contribution in [-0.4, -0.2) is 0 Å². The van der Waals surface area contributed by atoms with Gasteiger partial charge in [-0.1, -0.05) is 65.8 Å². The van der Waals surface area contributed by atoms with E-state index in [4.69, 9.17) is 0 Å². The highest BCUT2D eigenvalue weighted by atomic mass is 14.3. The zero-order valence-corrected chi connectivity index (χ0v) is 14.1. The molecular weight excluding hydrogens is 240 g/mol. The molecule has 0 saturated carbocycles. The topological polar surface area (TPSA) is 0 Å². The van der Waals surface area contributed by atoms with Crippen molar-refractivity contribution in [3.63, 3.8) is 0 Å². The van der Waals surface area contributed by atoms with Crippen LogP contribution in [0.2, 0.25) is 0 Å². The molecule has 20 heavy (non-hydrogen) atoms. The number of hydrogen-bond donors (Lipinski definition) is 0. The Balaban J connectivity index is 2.69. The van der Waals surface area contributed by atoms with Crippen molar-refractivity contribution in [2.24, 2.45) is 0 Å². The molecule has 110 valence electrons. The van der Waals surface area contributed by atoms with Crippen molar-refractivity contribution in [2.45, 2.75) is 78.1 Å². The Morgan fingerprint density at radius 1 is 1.00 bits per heavy atom. The minimum absolute atomic E-state index is 0.220. The molecule has 0 bridgehead atoms. The molecule has 1 aromatic rings. The second kappa shape index (κ2) is 5.39. The Morgan fingerprint density at radius 2 is 1.65 bits per heavy atom. The second-order valence-corrected chi connectivity index (χ2v) is 7.55. The maximum atomic E-state index is 2.50. The molecule has 0 aliphatic heterocycles. The molecule has 1 aliphatic rings. The Hall–Kier alpha value is -1.04. The van der Waals surface area contributed by atoms with Crippen molar-refractivity contribution in [3.05, 3.63) is 40.5 Å². The van der Waals surface area contributed by atoms with E-state index in [1.165, 1.54) is 36.8 Å². The molecule has 0 saturated heterocycles. The molecule has 2 rings (SSSR count). The molecule has 0 nitrogen and oxygen atoms in total. The molecule has 0 amide bonds. The third-order valence-electron chi connectivity index (χ3n) is 5.22. The molecule has 0 fully saturated rings. The minimum atomic E-state index is 0.220. The van der Waals surface area contributed by atoms with Gasteiger partial charge < -0.3 is 0 Å². The first kappa shape index (κ1) is 15.4. The van der Waals surface area contributed by atoms with Crippen molar-refractivity contribution in [3.8, 4) is 0 Å². The van der Waals surface area contributed by atoms with Gasteiger partial charge in [0.25, 0.3) is 0 Å². The largest absolute Gasteiger partial charge is 0.0836 e. The van der Waals surface area contributed by atoms with E-state index >= 15 is 0 Å². The van der Waals surface area contributed by atoms with Crippen LogP contribution in [0.5, 0.6) is 0 Å². The molecular formula is C20H30.